The fourth-order valence-electron chi connectivity index (χ4n) is 3.24. The van der Waals surface area contributed by atoms with Crippen LogP contribution in [-0.2, 0) is 17.6 Å². The lowest BCUT2D eigenvalue weighted by Gasteiger charge is -2.16. The topological polar surface area (TPSA) is 32.3 Å². The number of hydrogen-bond donors (Lipinski definition) is 1. The second-order valence-corrected chi connectivity index (χ2v) is 6.25. The van der Waals surface area contributed by atoms with Crippen molar-refractivity contribution in [3.63, 3.8) is 0 Å². The van der Waals surface area contributed by atoms with Gasteiger partial charge in [0.2, 0.25) is 5.91 Å². The van der Waals surface area contributed by atoms with Gasteiger partial charge >= 0.3 is 0 Å². The van der Waals surface area contributed by atoms with Gasteiger partial charge in [-0.15, -0.1) is 0 Å². The first kappa shape index (κ1) is 13.9. The molecule has 1 aromatic rings. The standard InChI is InChI=1S/C16H21ClN2O/c17-14-4-3-12-10-15(11-13(12)9-14)18-6-5-16(20)19-7-1-2-8-19/h3-4,9,15,18H,1-2,5-8,10-11H2. The van der Waals surface area contributed by atoms with Gasteiger partial charge in [-0.3, -0.25) is 4.79 Å². The number of amides is 1. The molecule has 0 spiro atoms. The number of nitrogens with one attached hydrogen (secondary N) is 1. The van der Waals surface area contributed by atoms with Crippen LogP contribution in [-0.4, -0.2) is 36.5 Å². The van der Waals surface area contributed by atoms with Crippen molar-refractivity contribution in [3.05, 3.63) is 34.3 Å². The zero-order valence-corrected chi connectivity index (χ0v) is 12.5. The van der Waals surface area contributed by atoms with Gasteiger partial charge in [-0.25, -0.2) is 0 Å². The van der Waals surface area contributed by atoms with E-state index < -0.39 is 0 Å². The molecule has 4 heteroatoms. The molecule has 0 saturated carbocycles. The minimum atomic E-state index is 0.300. The molecule has 1 aliphatic carbocycles. The highest BCUT2D eigenvalue weighted by Gasteiger charge is 2.22. The van der Waals surface area contributed by atoms with Crippen molar-refractivity contribution in [2.75, 3.05) is 19.6 Å². The summed E-state index contributed by atoms with van der Waals surface area (Å²) in [5, 5.41) is 4.33. The highest BCUT2D eigenvalue weighted by atomic mass is 35.5. The summed E-state index contributed by atoms with van der Waals surface area (Å²) in [7, 11) is 0. The Morgan fingerprint density at radius 2 is 2.00 bits per heavy atom. The van der Waals surface area contributed by atoms with Crippen molar-refractivity contribution in [1.29, 1.82) is 0 Å². The van der Waals surface area contributed by atoms with Crippen molar-refractivity contribution < 1.29 is 4.79 Å². The van der Waals surface area contributed by atoms with Crippen LogP contribution in [0, 0.1) is 0 Å². The first-order valence-electron chi connectivity index (χ1n) is 7.51. The van der Waals surface area contributed by atoms with E-state index in [0.29, 0.717) is 18.4 Å². The summed E-state index contributed by atoms with van der Waals surface area (Å²) in [6, 6.07) is 6.59. The zero-order chi connectivity index (χ0) is 13.9. The minimum absolute atomic E-state index is 0.300. The number of fused-ring (bicyclic) bond motifs is 1. The van der Waals surface area contributed by atoms with Gasteiger partial charge in [-0.05, 0) is 48.9 Å². The third-order valence-corrected chi connectivity index (χ3v) is 4.57. The summed E-state index contributed by atoms with van der Waals surface area (Å²) in [5.41, 5.74) is 2.73. The van der Waals surface area contributed by atoms with Gasteiger partial charge < -0.3 is 10.2 Å². The molecule has 108 valence electrons. The number of hydrogen-bond acceptors (Lipinski definition) is 2. The van der Waals surface area contributed by atoms with Crippen LogP contribution in [0.15, 0.2) is 18.2 Å². The van der Waals surface area contributed by atoms with Gasteiger partial charge in [0.05, 0.1) is 0 Å². The van der Waals surface area contributed by atoms with Crippen molar-refractivity contribution >= 4 is 17.5 Å². The van der Waals surface area contributed by atoms with E-state index >= 15 is 0 Å². The number of carbonyl (C=O) groups is 1. The predicted molar refractivity (Wildman–Crippen MR) is 81.1 cm³/mol. The van der Waals surface area contributed by atoms with E-state index in [1.54, 1.807) is 0 Å². The SMILES string of the molecule is O=C(CCNC1Cc2ccc(Cl)cc2C1)N1CCCC1. The molecule has 1 aromatic carbocycles. The van der Waals surface area contributed by atoms with Crippen molar-refractivity contribution in [1.82, 2.24) is 10.2 Å². The second kappa shape index (κ2) is 6.15. The Hall–Kier alpha value is -1.06. The van der Waals surface area contributed by atoms with Gasteiger partial charge in [0.25, 0.3) is 0 Å². The number of nitrogens with zero attached hydrogens (tertiary/aromatic N) is 1. The lowest BCUT2D eigenvalue weighted by Crippen LogP contribution is -2.35. The largest absolute Gasteiger partial charge is 0.343 e. The highest BCUT2D eigenvalue weighted by molar-refractivity contribution is 6.30. The Morgan fingerprint density at radius 1 is 1.25 bits per heavy atom. The lowest BCUT2D eigenvalue weighted by atomic mass is 10.1. The van der Waals surface area contributed by atoms with Crippen molar-refractivity contribution in [2.45, 2.75) is 38.1 Å². The van der Waals surface area contributed by atoms with E-state index in [1.165, 1.54) is 11.1 Å². The van der Waals surface area contributed by atoms with Crippen LogP contribution >= 0.6 is 11.6 Å². The van der Waals surface area contributed by atoms with E-state index in [9.17, 15) is 4.79 Å². The first-order chi connectivity index (χ1) is 9.72. The van der Waals surface area contributed by atoms with Crippen LogP contribution in [0.2, 0.25) is 5.02 Å². The van der Waals surface area contributed by atoms with Crippen LogP contribution in [0.3, 0.4) is 0 Å². The molecule has 1 fully saturated rings. The Bertz CT molecular complexity index is 497. The van der Waals surface area contributed by atoms with Crippen molar-refractivity contribution in [3.8, 4) is 0 Å². The summed E-state index contributed by atoms with van der Waals surface area (Å²) in [6.07, 6.45) is 5.02. The molecule has 1 atom stereocenters. The highest BCUT2D eigenvalue weighted by Crippen LogP contribution is 2.25. The molecule has 1 aliphatic heterocycles. The van der Waals surface area contributed by atoms with Gasteiger partial charge in [0, 0.05) is 37.1 Å². The maximum atomic E-state index is 12.0. The van der Waals surface area contributed by atoms with E-state index in [-0.39, 0.29) is 0 Å². The predicted octanol–water partition coefficient (Wildman–Crippen LogP) is 2.41. The van der Waals surface area contributed by atoms with Gasteiger partial charge in [-0.2, -0.15) is 0 Å². The van der Waals surface area contributed by atoms with Crippen LogP contribution in [0.1, 0.15) is 30.4 Å². The molecule has 1 amide bonds. The quantitative estimate of drug-likeness (QED) is 0.924. The van der Waals surface area contributed by atoms with E-state index in [0.717, 1.165) is 50.3 Å². The van der Waals surface area contributed by atoms with E-state index in [4.69, 9.17) is 11.6 Å². The molecule has 1 unspecified atom stereocenters. The Kier molecular flexibility index (Phi) is 4.27. The maximum Gasteiger partial charge on any atom is 0.223 e. The first-order valence-corrected chi connectivity index (χ1v) is 7.88. The number of carbonyl (C=O) groups excluding carboxylic acids is 1. The maximum absolute atomic E-state index is 12.0. The van der Waals surface area contributed by atoms with Crippen LogP contribution in [0.25, 0.3) is 0 Å². The molecule has 20 heavy (non-hydrogen) atoms. The molecular formula is C16H21ClN2O. The molecule has 3 rings (SSSR count). The van der Waals surface area contributed by atoms with Gasteiger partial charge in [0.1, 0.15) is 0 Å². The van der Waals surface area contributed by atoms with Gasteiger partial charge in [0.15, 0.2) is 0 Å². The van der Waals surface area contributed by atoms with Gasteiger partial charge in [-0.1, -0.05) is 17.7 Å². The normalized spacial score (nSPS) is 21.2. The number of halogens is 1. The third-order valence-electron chi connectivity index (χ3n) is 4.33. The summed E-state index contributed by atoms with van der Waals surface area (Å²) < 4.78 is 0. The summed E-state index contributed by atoms with van der Waals surface area (Å²) in [4.78, 5) is 13.9. The van der Waals surface area contributed by atoms with E-state index in [1.807, 2.05) is 11.0 Å². The fourth-order valence-corrected chi connectivity index (χ4v) is 3.43. The summed E-state index contributed by atoms with van der Waals surface area (Å²) >= 11 is 6.02. The molecule has 1 N–H and O–H groups in total. The van der Waals surface area contributed by atoms with Crippen LogP contribution in [0.5, 0.6) is 0 Å². The number of likely N-dealkylation sites (tertiary alicyclic amines) is 1. The smallest absolute Gasteiger partial charge is 0.223 e. The molecule has 1 saturated heterocycles. The summed E-state index contributed by atoms with van der Waals surface area (Å²) in [6.45, 7) is 2.68. The molecular weight excluding hydrogens is 272 g/mol. The lowest BCUT2D eigenvalue weighted by molar-refractivity contribution is -0.130. The van der Waals surface area contributed by atoms with E-state index in [2.05, 4.69) is 17.4 Å². The Morgan fingerprint density at radius 3 is 2.80 bits per heavy atom. The average Bonchev–Trinajstić information content (AvgIpc) is 3.06. The number of rotatable bonds is 4. The number of benzene rings is 1. The molecule has 2 aliphatic rings. The molecule has 0 aromatic heterocycles. The third kappa shape index (κ3) is 3.15. The zero-order valence-electron chi connectivity index (χ0n) is 11.7. The molecule has 3 nitrogen and oxygen atoms in total. The second-order valence-electron chi connectivity index (χ2n) is 5.81. The fraction of sp³-hybridized carbons (Fsp3) is 0.562. The van der Waals surface area contributed by atoms with Crippen LogP contribution in [0.4, 0.5) is 0 Å². The summed E-state index contributed by atoms with van der Waals surface area (Å²) in [5.74, 6) is 0.300. The average molecular weight is 293 g/mol. The molecule has 1 heterocycles. The van der Waals surface area contributed by atoms with Crippen LogP contribution < -0.4 is 5.32 Å². The molecule has 0 radical (unpaired) electrons. The Labute approximate surface area is 125 Å². The molecule has 0 bridgehead atoms. The monoisotopic (exact) mass is 292 g/mol. The van der Waals surface area contributed by atoms with Crippen molar-refractivity contribution in [2.24, 2.45) is 0 Å². The minimum Gasteiger partial charge on any atom is -0.343 e. The Balaban J connectivity index is 1.43.